The van der Waals surface area contributed by atoms with E-state index in [-0.39, 0.29) is 35.3 Å². The first-order valence-electron chi connectivity index (χ1n) is 12.2. The maximum absolute atomic E-state index is 14.1. The number of nitriles is 1. The zero-order valence-electron chi connectivity index (χ0n) is 20.2. The Morgan fingerprint density at radius 2 is 2.16 bits per heavy atom. The number of aromatic nitrogens is 5. The van der Waals surface area contributed by atoms with E-state index in [4.69, 9.17) is 9.47 Å². The van der Waals surface area contributed by atoms with E-state index in [0.717, 1.165) is 24.0 Å². The molecule has 6 rings (SSSR count). The predicted octanol–water partition coefficient (Wildman–Crippen LogP) is 1.39. The van der Waals surface area contributed by atoms with Gasteiger partial charge in [-0.1, -0.05) is 0 Å². The highest BCUT2D eigenvalue weighted by atomic mass is 19.1. The van der Waals surface area contributed by atoms with Crippen molar-refractivity contribution in [3.8, 4) is 17.6 Å². The Hall–Kier alpha value is -3.95. The van der Waals surface area contributed by atoms with Crippen LogP contribution in [0.5, 0.6) is 5.75 Å². The smallest absolute Gasteiger partial charge is 0.230 e. The van der Waals surface area contributed by atoms with Crippen molar-refractivity contribution < 1.29 is 18.7 Å². The lowest BCUT2D eigenvalue weighted by Gasteiger charge is -2.46. The van der Waals surface area contributed by atoms with Crippen molar-refractivity contribution in [2.75, 3.05) is 39.9 Å². The van der Waals surface area contributed by atoms with Crippen LogP contribution in [0.15, 0.2) is 30.7 Å². The number of pyridine rings is 1. The molecule has 3 aliphatic rings. The molecule has 1 aromatic carbocycles. The molecule has 2 saturated heterocycles. The van der Waals surface area contributed by atoms with Crippen LogP contribution in [0, 0.1) is 17.1 Å². The number of rotatable bonds is 4. The average Bonchev–Trinajstić information content (AvgIpc) is 3.62. The number of benzene rings is 1. The number of methoxy groups -OCH3 is 1. The molecule has 2 fully saturated rings. The Balaban J connectivity index is 1.13. The van der Waals surface area contributed by atoms with E-state index in [2.05, 4.69) is 25.4 Å². The van der Waals surface area contributed by atoms with E-state index in [1.54, 1.807) is 12.3 Å². The maximum atomic E-state index is 14.1. The Bertz CT molecular complexity index is 1370. The number of nitrogens with zero attached hydrogens (tertiary/aromatic N) is 8. The van der Waals surface area contributed by atoms with Crippen molar-refractivity contribution in [3.05, 3.63) is 58.8 Å². The lowest BCUT2D eigenvalue weighted by molar-refractivity contribution is -0.141. The number of tetrazole rings is 1. The van der Waals surface area contributed by atoms with Crippen LogP contribution in [0.2, 0.25) is 0 Å². The van der Waals surface area contributed by atoms with Gasteiger partial charge in [0.2, 0.25) is 5.91 Å². The molecule has 2 aromatic heterocycles. The van der Waals surface area contributed by atoms with E-state index in [9.17, 15) is 14.4 Å². The van der Waals surface area contributed by atoms with Crippen molar-refractivity contribution in [2.45, 2.75) is 30.9 Å². The molecule has 3 atom stereocenters. The lowest BCUT2D eigenvalue weighted by Crippen LogP contribution is -2.60. The molecule has 0 radical (unpaired) electrons. The second kappa shape index (κ2) is 9.49. The van der Waals surface area contributed by atoms with Crippen LogP contribution in [-0.2, 0) is 16.0 Å². The van der Waals surface area contributed by atoms with Crippen LogP contribution < -0.4 is 4.74 Å². The predicted molar refractivity (Wildman–Crippen MR) is 126 cm³/mol. The number of hydrogen-bond donors (Lipinski definition) is 0. The molecule has 3 aromatic rings. The van der Waals surface area contributed by atoms with Crippen LogP contribution in [0.4, 0.5) is 4.39 Å². The Kier molecular flexibility index (Phi) is 6.02. The number of morpholine rings is 1. The van der Waals surface area contributed by atoms with Crippen molar-refractivity contribution in [1.29, 1.82) is 5.26 Å². The minimum absolute atomic E-state index is 0.0667. The van der Waals surface area contributed by atoms with Crippen LogP contribution in [0.3, 0.4) is 0 Å². The highest BCUT2D eigenvalue weighted by Gasteiger charge is 2.40. The van der Waals surface area contributed by atoms with E-state index in [0.29, 0.717) is 44.2 Å². The van der Waals surface area contributed by atoms with Gasteiger partial charge in [-0.15, -0.1) is 5.10 Å². The SMILES string of the molecule is COc1c([C@@H]2CN3CCN(C(=O)C4CCc5cc(-n6cnnn6)ncc54)C[C@H]3CO2)ccc(F)c1C#N. The van der Waals surface area contributed by atoms with Gasteiger partial charge in [-0.05, 0) is 52.6 Å². The summed E-state index contributed by atoms with van der Waals surface area (Å²) in [5, 5.41) is 20.6. The minimum atomic E-state index is -0.612. The Morgan fingerprint density at radius 3 is 2.95 bits per heavy atom. The number of hydrogen-bond acceptors (Lipinski definition) is 9. The third kappa shape index (κ3) is 4.10. The summed E-state index contributed by atoms with van der Waals surface area (Å²) in [6.45, 7) is 2.91. The van der Waals surface area contributed by atoms with Crippen LogP contribution in [0.1, 0.15) is 40.7 Å². The fraction of sp³-hybridized carbons (Fsp3) is 0.440. The fourth-order valence-electron chi connectivity index (χ4n) is 5.67. The van der Waals surface area contributed by atoms with Gasteiger partial charge in [-0.2, -0.15) is 9.94 Å². The number of fused-ring (bicyclic) bond motifs is 2. The molecular weight excluding hydrogens is 479 g/mol. The average molecular weight is 505 g/mol. The molecule has 0 saturated carbocycles. The maximum Gasteiger partial charge on any atom is 0.230 e. The molecule has 4 heterocycles. The van der Waals surface area contributed by atoms with E-state index in [1.807, 2.05) is 17.0 Å². The number of amides is 1. The van der Waals surface area contributed by atoms with Crippen LogP contribution >= 0.6 is 0 Å². The van der Waals surface area contributed by atoms with Crippen molar-refractivity contribution in [3.63, 3.8) is 0 Å². The monoisotopic (exact) mass is 504 g/mol. The van der Waals surface area contributed by atoms with Crippen LogP contribution in [0.25, 0.3) is 5.82 Å². The van der Waals surface area contributed by atoms with Gasteiger partial charge in [0.15, 0.2) is 5.82 Å². The molecule has 2 aliphatic heterocycles. The fourth-order valence-corrected chi connectivity index (χ4v) is 5.67. The Labute approximate surface area is 212 Å². The number of ether oxygens (including phenoxy) is 2. The van der Waals surface area contributed by atoms with E-state index < -0.39 is 5.82 Å². The number of carbonyl (C=O) groups excluding carboxylic acids is 1. The summed E-state index contributed by atoms with van der Waals surface area (Å²) >= 11 is 0. The second-order valence-corrected chi connectivity index (χ2v) is 9.50. The van der Waals surface area contributed by atoms with E-state index in [1.165, 1.54) is 24.2 Å². The summed E-state index contributed by atoms with van der Waals surface area (Å²) in [4.78, 5) is 22.3. The number of carbonyl (C=O) groups is 1. The molecule has 0 bridgehead atoms. The number of aryl methyl sites for hydroxylation is 1. The molecule has 1 aliphatic carbocycles. The highest BCUT2D eigenvalue weighted by molar-refractivity contribution is 5.85. The van der Waals surface area contributed by atoms with Gasteiger partial charge in [0.1, 0.15) is 29.5 Å². The van der Waals surface area contributed by atoms with Crippen molar-refractivity contribution in [2.24, 2.45) is 0 Å². The molecule has 11 nitrogen and oxygen atoms in total. The zero-order valence-corrected chi connectivity index (χ0v) is 20.2. The normalized spacial score (nSPS) is 23.3. The topological polar surface area (TPSA) is 122 Å². The van der Waals surface area contributed by atoms with Gasteiger partial charge < -0.3 is 14.4 Å². The zero-order chi connectivity index (χ0) is 25.5. The van der Waals surface area contributed by atoms with Gasteiger partial charge in [-0.25, -0.2) is 9.37 Å². The first-order chi connectivity index (χ1) is 18.1. The third-order valence-electron chi connectivity index (χ3n) is 7.58. The van der Waals surface area contributed by atoms with Gasteiger partial charge in [0.25, 0.3) is 0 Å². The number of piperazine rings is 1. The molecule has 190 valence electrons. The molecule has 1 unspecified atom stereocenters. The van der Waals surface area contributed by atoms with Gasteiger partial charge in [0, 0.05) is 37.9 Å². The highest BCUT2D eigenvalue weighted by Crippen LogP contribution is 2.38. The van der Waals surface area contributed by atoms with Gasteiger partial charge in [-0.3, -0.25) is 9.69 Å². The summed E-state index contributed by atoms with van der Waals surface area (Å²) in [6, 6.07) is 6.81. The second-order valence-electron chi connectivity index (χ2n) is 9.50. The molecule has 0 N–H and O–H groups in total. The first kappa shape index (κ1) is 23.4. The minimum Gasteiger partial charge on any atom is -0.495 e. The third-order valence-corrected chi connectivity index (χ3v) is 7.58. The largest absolute Gasteiger partial charge is 0.495 e. The van der Waals surface area contributed by atoms with Crippen LogP contribution in [-0.4, -0.2) is 86.8 Å². The standard InChI is InChI=1S/C25H25FN8O3/c1-36-24-18(4-5-21(26)19(24)9-27)22-12-32-6-7-33(11-16(32)13-37-22)25(35)17-3-2-15-8-23(28-10-20(15)17)34-14-29-30-31-34/h4-5,8,10,14,16-17,22H,2-3,6-7,11-13H2,1H3/t16-,17?,22-/m0/s1. The van der Waals surface area contributed by atoms with Gasteiger partial charge in [0.05, 0.1) is 31.8 Å². The molecule has 12 heteroatoms. The number of halogens is 1. The summed E-state index contributed by atoms with van der Waals surface area (Å²) in [5.41, 5.74) is 2.62. The molecule has 37 heavy (non-hydrogen) atoms. The first-order valence-corrected chi connectivity index (χ1v) is 12.2. The molecular formula is C25H25FN8O3. The van der Waals surface area contributed by atoms with Crippen molar-refractivity contribution >= 4 is 5.91 Å². The molecule has 1 amide bonds. The summed E-state index contributed by atoms with van der Waals surface area (Å²) < 4.78 is 27.1. The quantitative estimate of drug-likeness (QED) is 0.519. The van der Waals surface area contributed by atoms with Gasteiger partial charge >= 0.3 is 0 Å². The summed E-state index contributed by atoms with van der Waals surface area (Å²) in [7, 11) is 1.43. The molecule has 0 spiro atoms. The summed E-state index contributed by atoms with van der Waals surface area (Å²) in [6.07, 6.45) is 4.49. The Morgan fingerprint density at radius 1 is 1.27 bits per heavy atom. The summed E-state index contributed by atoms with van der Waals surface area (Å²) in [5.74, 6) is 0.160. The van der Waals surface area contributed by atoms with E-state index >= 15 is 0 Å². The van der Waals surface area contributed by atoms with Crippen molar-refractivity contribution in [1.82, 2.24) is 35.0 Å². The lowest BCUT2D eigenvalue weighted by atomic mass is 9.98.